The van der Waals surface area contributed by atoms with E-state index in [4.69, 9.17) is 4.98 Å². The Hall–Kier alpha value is -3.90. The van der Waals surface area contributed by atoms with Crippen molar-refractivity contribution in [2.45, 2.75) is 17.0 Å². The first-order valence-corrected chi connectivity index (χ1v) is 11.5. The molecule has 0 aliphatic heterocycles. The molecule has 5 rings (SSSR count). The number of carbonyl (C=O) groups excluding carboxylic acids is 1. The number of aromatic amines is 1. The third-order valence-electron chi connectivity index (χ3n) is 5.56. The fraction of sp³-hybridized carbons (Fsp3) is 0.0741. The number of thioether (sulfide) groups is 1. The number of carbonyl (C=O) groups is 1. The molecule has 3 aromatic carbocycles. The van der Waals surface area contributed by atoms with Gasteiger partial charge in [-0.25, -0.2) is 4.98 Å². The van der Waals surface area contributed by atoms with Crippen molar-refractivity contribution in [1.82, 2.24) is 14.5 Å². The number of ketones is 1. The van der Waals surface area contributed by atoms with Gasteiger partial charge in [-0.3, -0.25) is 14.2 Å². The highest BCUT2D eigenvalue weighted by Gasteiger charge is 2.27. The summed E-state index contributed by atoms with van der Waals surface area (Å²) in [5.41, 5.74) is 2.84. The highest BCUT2D eigenvalue weighted by atomic mass is 32.2. The molecule has 0 spiro atoms. The SMILES string of the molecule is C=CCn1c(SC(C(=O)c2c[nH]c3ccccc23)c2ccccc2)nc2ccccc2c1=O. The monoisotopic (exact) mass is 451 g/mol. The Labute approximate surface area is 194 Å². The molecule has 33 heavy (non-hydrogen) atoms. The van der Waals surface area contributed by atoms with Crippen LogP contribution in [0.15, 0.2) is 108 Å². The van der Waals surface area contributed by atoms with Gasteiger partial charge in [-0.2, -0.15) is 0 Å². The number of aromatic nitrogens is 3. The minimum absolute atomic E-state index is 0.0452. The number of benzene rings is 3. The second kappa shape index (κ2) is 8.92. The van der Waals surface area contributed by atoms with Crippen molar-refractivity contribution < 1.29 is 4.79 Å². The van der Waals surface area contributed by atoms with Crippen LogP contribution < -0.4 is 5.56 Å². The van der Waals surface area contributed by atoms with Gasteiger partial charge < -0.3 is 4.98 Å². The molecule has 5 nitrogen and oxygen atoms in total. The summed E-state index contributed by atoms with van der Waals surface area (Å²) in [5.74, 6) is -0.0452. The van der Waals surface area contributed by atoms with Gasteiger partial charge in [0.1, 0.15) is 5.25 Å². The Bertz CT molecular complexity index is 1540. The highest BCUT2D eigenvalue weighted by molar-refractivity contribution is 8.00. The number of allylic oxidation sites excluding steroid dienone is 1. The van der Waals surface area contributed by atoms with Crippen LogP contribution in [0, 0.1) is 0 Å². The molecule has 6 heteroatoms. The third-order valence-corrected chi connectivity index (χ3v) is 6.80. The molecule has 0 fully saturated rings. The van der Waals surface area contributed by atoms with E-state index in [1.165, 1.54) is 11.8 Å². The maximum Gasteiger partial charge on any atom is 0.262 e. The van der Waals surface area contributed by atoms with Gasteiger partial charge in [-0.1, -0.05) is 78.5 Å². The number of nitrogens with one attached hydrogen (secondary N) is 1. The average Bonchev–Trinajstić information content (AvgIpc) is 3.29. The van der Waals surface area contributed by atoms with Gasteiger partial charge in [-0.05, 0) is 23.8 Å². The number of fused-ring (bicyclic) bond motifs is 2. The zero-order chi connectivity index (χ0) is 22.8. The van der Waals surface area contributed by atoms with Crippen LogP contribution in [-0.2, 0) is 6.54 Å². The van der Waals surface area contributed by atoms with Gasteiger partial charge in [0.05, 0.1) is 10.9 Å². The molecule has 2 heterocycles. The lowest BCUT2D eigenvalue weighted by Crippen LogP contribution is -2.23. The van der Waals surface area contributed by atoms with E-state index in [9.17, 15) is 9.59 Å². The molecule has 1 unspecified atom stereocenters. The quantitative estimate of drug-likeness (QED) is 0.147. The van der Waals surface area contributed by atoms with Gasteiger partial charge in [0.15, 0.2) is 10.9 Å². The second-order valence-corrected chi connectivity index (χ2v) is 8.71. The molecule has 0 saturated heterocycles. The maximum absolute atomic E-state index is 13.9. The Morgan fingerprint density at radius 1 is 1.00 bits per heavy atom. The summed E-state index contributed by atoms with van der Waals surface area (Å²) in [7, 11) is 0. The first-order valence-electron chi connectivity index (χ1n) is 10.6. The Kier molecular flexibility index (Phi) is 5.67. The Morgan fingerprint density at radius 2 is 1.70 bits per heavy atom. The molecule has 0 amide bonds. The minimum atomic E-state index is -0.575. The van der Waals surface area contributed by atoms with Crippen LogP contribution in [0.25, 0.3) is 21.8 Å². The predicted octanol–water partition coefficient (Wildman–Crippen LogP) is 5.78. The van der Waals surface area contributed by atoms with Crippen molar-refractivity contribution in [3.05, 3.63) is 119 Å². The van der Waals surface area contributed by atoms with Gasteiger partial charge in [-0.15, -0.1) is 6.58 Å². The molecule has 0 bridgehead atoms. The lowest BCUT2D eigenvalue weighted by atomic mass is 10.0. The van der Waals surface area contributed by atoms with Crippen molar-refractivity contribution in [3.8, 4) is 0 Å². The zero-order valence-electron chi connectivity index (χ0n) is 17.8. The molecule has 0 saturated carbocycles. The van der Waals surface area contributed by atoms with Gasteiger partial charge in [0, 0.05) is 29.2 Å². The van der Waals surface area contributed by atoms with E-state index >= 15 is 0 Å². The fourth-order valence-corrected chi connectivity index (χ4v) is 5.12. The van der Waals surface area contributed by atoms with E-state index < -0.39 is 5.25 Å². The normalized spacial score (nSPS) is 12.1. The smallest absolute Gasteiger partial charge is 0.262 e. The second-order valence-electron chi connectivity index (χ2n) is 7.64. The van der Waals surface area contributed by atoms with Gasteiger partial charge >= 0.3 is 0 Å². The lowest BCUT2D eigenvalue weighted by molar-refractivity contribution is 0.0991. The molecular formula is C27H21N3O2S. The standard InChI is InChI=1S/C27H21N3O2S/c1-2-16-30-26(32)20-13-7-9-15-23(20)29-27(30)33-25(18-10-4-3-5-11-18)24(31)21-17-28-22-14-8-6-12-19(21)22/h2-15,17,25,28H,1,16H2. The highest BCUT2D eigenvalue weighted by Crippen LogP contribution is 2.38. The summed E-state index contributed by atoms with van der Waals surface area (Å²) in [6, 6.07) is 24.6. The molecule has 0 radical (unpaired) electrons. The lowest BCUT2D eigenvalue weighted by Gasteiger charge is -2.18. The van der Waals surface area contributed by atoms with Gasteiger partial charge in [0.25, 0.3) is 5.56 Å². The number of rotatable bonds is 7. The molecule has 1 N–H and O–H groups in total. The summed E-state index contributed by atoms with van der Waals surface area (Å²) >= 11 is 1.29. The topological polar surface area (TPSA) is 67.8 Å². The predicted molar refractivity (Wildman–Crippen MR) is 134 cm³/mol. The first-order chi connectivity index (χ1) is 16.2. The average molecular weight is 452 g/mol. The fourth-order valence-electron chi connectivity index (χ4n) is 3.95. The van der Waals surface area contributed by atoms with E-state index in [0.717, 1.165) is 16.5 Å². The molecule has 5 aromatic rings. The van der Waals surface area contributed by atoms with Crippen molar-refractivity contribution in [3.63, 3.8) is 0 Å². The van der Waals surface area contributed by atoms with Crippen LogP contribution in [-0.4, -0.2) is 20.3 Å². The number of nitrogens with zero attached hydrogens (tertiary/aromatic N) is 2. The number of para-hydroxylation sites is 2. The van der Waals surface area contributed by atoms with Crippen LogP contribution in [0.1, 0.15) is 21.2 Å². The minimum Gasteiger partial charge on any atom is -0.360 e. The van der Waals surface area contributed by atoms with Crippen LogP contribution >= 0.6 is 11.8 Å². The molecular weight excluding hydrogens is 430 g/mol. The van der Waals surface area contributed by atoms with Crippen molar-refractivity contribution >= 4 is 39.4 Å². The number of H-pyrrole nitrogens is 1. The van der Waals surface area contributed by atoms with E-state index in [-0.39, 0.29) is 11.3 Å². The van der Waals surface area contributed by atoms with Crippen LogP contribution in [0.2, 0.25) is 0 Å². The third kappa shape index (κ3) is 3.90. The van der Waals surface area contributed by atoms with E-state index in [2.05, 4.69) is 11.6 Å². The maximum atomic E-state index is 13.9. The largest absolute Gasteiger partial charge is 0.360 e. The number of Topliss-reactive ketones (excluding diaryl/α,β-unsaturated/α-hetero) is 1. The van der Waals surface area contributed by atoms with Crippen molar-refractivity contribution in [2.75, 3.05) is 0 Å². The molecule has 162 valence electrons. The summed E-state index contributed by atoms with van der Waals surface area (Å²) in [4.78, 5) is 35.0. The number of hydrogen-bond donors (Lipinski definition) is 1. The summed E-state index contributed by atoms with van der Waals surface area (Å²) < 4.78 is 1.58. The number of hydrogen-bond acceptors (Lipinski definition) is 4. The van der Waals surface area contributed by atoms with Gasteiger partial charge in [0.2, 0.25) is 0 Å². The molecule has 0 aliphatic rings. The van der Waals surface area contributed by atoms with Crippen molar-refractivity contribution in [1.29, 1.82) is 0 Å². The zero-order valence-corrected chi connectivity index (χ0v) is 18.6. The molecule has 1 atom stereocenters. The van der Waals surface area contributed by atoms with E-state index in [1.54, 1.807) is 22.9 Å². The Balaban J connectivity index is 1.65. The summed E-state index contributed by atoms with van der Waals surface area (Å²) in [6.07, 6.45) is 3.43. The van der Waals surface area contributed by atoms with Crippen molar-refractivity contribution in [2.24, 2.45) is 0 Å². The van der Waals surface area contributed by atoms with Crippen LogP contribution in [0.4, 0.5) is 0 Å². The molecule has 0 aliphatic carbocycles. The summed E-state index contributed by atoms with van der Waals surface area (Å²) in [6.45, 7) is 4.10. The Morgan fingerprint density at radius 3 is 2.48 bits per heavy atom. The van der Waals surface area contributed by atoms with Crippen LogP contribution in [0.3, 0.4) is 0 Å². The molecule has 2 aromatic heterocycles. The van der Waals surface area contributed by atoms with Crippen LogP contribution in [0.5, 0.6) is 0 Å². The summed E-state index contributed by atoms with van der Waals surface area (Å²) in [5, 5.41) is 1.33. The van der Waals surface area contributed by atoms with E-state index in [1.807, 2.05) is 72.8 Å². The first kappa shape index (κ1) is 21.0. The van der Waals surface area contributed by atoms with E-state index in [0.29, 0.717) is 28.2 Å².